The second-order valence-corrected chi connectivity index (χ2v) is 4.67. The molecule has 0 aliphatic rings. The highest BCUT2D eigenvalue weighted by Gasteiger charge is 2.08. The van der Waals surface area contributed by atoms with E-state index in [4.69, 9.17) is 11.6 Å². The van der Waals surface area contributed by atoms with Gasteiger partial charge in [-0.25, -0.2) is 4.98 Å². The molecule has 72 valence electrons. The molecule has 0 bridgehead atoms. The highest BCUT2D eigenvalue weighted by atomic mass is 35.5. The van der Waals surface area contributed by atoms with Crippen LogP contribution in [0.2, 0.25) is 5.15 Å². The minimum atomic E-state index is 0.401. The fourth-order valence-electron chi connectivity index (χ4n) is 1.21. The van der Waals surface area contributed by atoms with Gasteiger partial charge in [0.2, 0.25) is 0 Å². The Bertz CT molecular complexity index is 450. The van der Waals surface area contributed by atoms with E-state index in [1.807, 2.05) is 19.9 Å². The maximum atomic E-state index is 5.65. The number of rotatable bonds is 1. The van der Waals surface area contributed by atoms with Gasteiger partial charge in [0.25, 0.3) is 0 Å². The van der Waals surface area contributed by atoms with Crippen LogP contribution in [0.3, 0.4) is 0 Å². The van der Waals surface area contributed by atoms with Crippen LogP contribution in [-0.4, -0.2) is 15.2 Å². The molecule has 0 fully saturated rings. The van der Waals surface area contributed by atoms with Crippen LogP contribution in [0.25, 0.3) is 11.4 Å². The molecule has 0 aliphatic carbocycles. The zero-order valence-corrected chi connectivity index (χ0v) is 9.35. The molecule has 5 heteroatoms. The maximum Gasteiger partial charge on any atom is 0.151 e. The number of nitrogens with zero attached hydrogens (tertiary/aromatic N) is 3. The monoisotopic (exact) mass is 225 g/mol. The number of hydrogen-bond acceptors (Lipinski definition) is 4. The molecule has 0 amide bonds. The third-order valence-corrected chi connectivity index (χ3v) is 2.87. The molecule has 0 spiro atoms. The van der Waals surface area contributed by atoms with Crippen molar-refractivity contribution < 1.29 is 0 Å². The van der Waals surface area contributed by atoms with E-state index >= 15 is 0 Å². The van der Waals surface area contributed by atoms with Gasteiger partial charge >= 0.3 is 0 Å². The number of halogens is 1. The van der Waals surface area contributed by atoms with Gasteiger partial charge in [0.1, 0.15) is 11.4 Å². The Balaban J connectivity index is 2.49. The third-order valence-electron chi connectivity index (χ3n) is 1.78. The molecule has 0 unspecified atom stereocenters. The molecule has 14 heavy (non-hydrogen) atoms. The van der Waals surface area contributed by atoms with Crippen LogP contribution in [-0.2, 0) is 0 Å². The van der Waals surface area contributed by atoms with Gasteiger partial charge < -0.3 is 0 Å². The van der Waals surface area contributed by atoms with Gasteiger partial charge in [0.15, 0.2) is 5.15 Å². The Kier molecular flexibility index (Phi) is 2.48. The molecule has 2 heterocycles. The molecule has 0 radical (unpaired) electrons. The summed E-state index contributed by atoms with van der Waals surface area (Å²) in [4.78, 5) is 5.54. The maximum absolute atomic E-state index is 5.65. The van der Waals surface area contributed by atoms with Crippen LogP contribution in [0, 0.1) is 13.8 Å². The van der Waals surface area contributed by atoms with Crippen LogP contribution in [0.5, 0.6) is 0 Å². The van der Waals surface area contributed by atoms with Gasteiger partial charge in [-0.3, -0.25) is 0 Å². The summed E-state index contributed by atoms with van der Waals surface area (Å²) in [7, 11) is 0. The van der Waals surface area contributed by atoms with Crippen LogP contribution in [0.4, 0.5) is 0 Å². The van der Waals surface area contributed by atoms with Crippen molar-refractivity contribution in [2.45, 2.75) is 13.8 Å². The van der Waals surface area contributed by atoms with E-state index in [9.17, 15) is 0 Å². The van der Waals surface area contributed by atoms with Crippen LogP contribution in [0.15, 0.2) is 12.1 Å². The first-order valence-electron chi connectivity index (χ1n) is 4.10. The van der Waals surface area contributed by atoms with Gasteiger partial charge in [-0.2, -0.15) is 0 Å². The molecular weight excluding hydrogens is 218 g/mol. The lowest BCUT2D eigenvalue weighted by molar-refractivity contribution is 1.03. The Morgan fingerprint density at radius 2 is 2.00 bits per heavy atom. The lowest BCUT2D eigenvalue weighted by atomic mass is 10.3. The summed E-state index contributed by atoms with van der Waals surface area (Å²) in [5.41, 5.74) is 1.67. The Morgan fingerprint density at radius 1 is 1.21 bits per heavy atom. The Morgan fingerprint density at radius 3 is 2.50 bits per heavy atom. The lowest BCUT2D eigenvalue weighted by Crippen LogP contribution is -1.88. The molecular formula is C9H8ClN3S. The summed E-state index contributed by atoms with van der Waals surface area (Å²) in [5.74, 6) is 0. The summed E-state index contributed by atoms with van der Waals surface area (Å²) < 4.78 is 0. The summed E-state index contributed by atoms with van der Waals surface area (Å²) in [6.07, 6.45) is 0. The van der Waals surface area contributed by atoms with Crippen LogP contribution in [0.1, 0.15) is 9.88 Å². The zero-order valence-electron chi connectivity index (χ0n) is 7.78. The number of hydrogen-bond donors (Lipinski definition) is 0. The van der Waals surface area contributed by atoms with E-state index < -0.39 is 0 Å². The smallest absolute Gasteiger partial charge is 0.151 e. The average Bonchev–Trinajstić information content (AvgIpc) is 2.47. The van der Waals surface area contributed by atoms with Crippen molar-refractivity contribution in [1.29, 1.82) is 0 Å². The lowest BCUT2D eigenvalue weighted by Gasteiger charge is -1.95. The fourth-order valence-corrected chi connectivity index (χ4v) is 2.14. The quantitative estimate of drug-likeness (QED) is 0.749. The SMILES string of the molecule is Cc1nc(-c2ccc(Cl)nn2)c(C)s1. The molecule has 2 rings (SSSR count). The third kappa shape index (κ3) is 1.76. The standard InChI is InChI=1S/C9H8ClN3S/c1-5-9(11-6(2)14-5)7-3-4-8(10)13-12-7/h3-4H,1-2H3. The second-order valence-electron chi connectivity index (χ2n) is 2.88. The van der Waals surface area contributed by atoms with Crippen molar-refractivity contribution in [2.24, 2.45) is 0 Å². The van der Waals surface area contributed by atoms with Crippen molar-refractivity contribution in [3.63, 3.8) is 0 Å². The molecule has 2 aromatic heterocycles. The molecule has 0 aliphatic heterocycles. The predicted molar refractivity (Wildman–Crippen MR) is 57.6 cm³/mol. The minimum Gasteiger partial charge on any atom is -0.240 e. The van der Waals surface area contributed by atoms with Gasteiger partial charge in [0.05, 0.1) is 5.01 Å². The minimum absolute atomic E-state index is 0.401. The van der Waals surface area contributed by atoms with E-state index in [0.717, 1.165) is 21.3 Å². The van der Waals surface area contributed by atoms with Crippen molar-refractivity contribution >= 4 is 22.9 Å². The van der Waals surface area contributed by atoms with Crippen LogP contribution < -0.4 is 0 Å². The van der Waals surface area contributed by atoms with E-state index in [2.05, 4.69) is 15.2 Å². The van der Waals surface area contributed by atoms with E-state index in [0.29, 0.717) is 5.15 Å². The molecule has 0 saturated carbocycles. The highest BCUT2D eigenvalue weighted by Crippen LogP contribution is 2.25. The summed E-state index contributed by atoms with van der Waals surface area (Å²) in [6, 6.07) is 3.55. The van der Waals surface area contributed by atoms with Gasteiger partial charge in [-0.05, 0) is 26.0 Å². The number of aromatic nitrogens is 3. The number of thiazole rings is 1. The Labute approximate surface area is 90.8 Å². The zero-order chi connectivity index (χ0) is 10.1. The summed E-state index contributed by atoms with van der Waals surface area (Å²) in [5, 5.41) is 9.21. The molecule has 0 N–H and O–H groups in total. The van der Waals surface area contributed by atoms with Gasteiger partial charge in [0, 0.05) is 4.88 Å². The predicted octanol–water partition coefficient (Wildman–Crippen LogP) is 2.87. The first-order chi connectivity index (χ1) is 6.66. The average molecular weight is 226 g/mol. The molecule has 0 aromatic carbocycles. The van der Waals surface area contributed by atoms with Crippen molar-refractivity contribution in [3.05, 3.63) is 27.2 Å². The number of aryl methyl sites for hydroxylation is 2. The Hall–Kier alpha value is -1.00. The molecule has 0 saturated heterocycles. The molecule has 0 atom stereocenters. The molecule has 2 aromatic rings. The summed E-state index contributed by atoms with van der Waals surface area (Å²) in [6.45, 7) is 4.00. The highest BCUT2D eigenvalue weighted by molar-refractivity contribution is 7.11. The van der Waals surface area contributed by atoms with Crippen molar-refractivity contribution in [3.8, 4) is 11.4 Å². The normalized spacial score (nSPS) is 10.5. The topological polar surface area (TPSA) is 38.7 Å². The largest absolute Gasteiger partial charge is 0.240 e. The second kappa shape index (κ2) is 3.63. The first kappa shape index (κ1) is 9.55. The van der Waals surface area contributed by atoms with Gasteiger partial charge in [-0.15, -0.1) is 21.5 Å². The van der Waals surface area contributed by atoms with Gasteiger partial charge in [-0.1, -0.05) is 11.6 Å². The van der Waals surface area contributed by atoms with E-state index in [1.165, 1.54) is 0 Å². The van der Waals surface area contributed by atoms with E-state index in [-0.39, 0.29) is 0 Å². The van der Waals surface area contributed by atoms with E-state index in [1.54, 1.807) is 17.4 Å². The fraction of sp³-hybridized carbons (Fsp3) is 0.222. The summed E-state index contributed by atoms with van der Waals surface area (Å²) >= 11 is 7.31. The van der Waals surface area contributed by atoms with Crippen molar-refractivity contribution in [2.75, 3.05) is 0 Å². The van der Waals surface area contributed by atoms with Crippen molar-refractivity contribution in [1.82, 2.24) is 15.2 Å². The van der Waals surface area contributed by atoms with Crippen LogP contribution >= 0.6 is 22.9 Å². The molecule has 3 nitrogen and oxygen atoms in total. The first-order valence-corrected chi connectivity index (χ1v) is 5.30.